The first-order valence-corrected chi connectivity index (χ1v) is 9.50. The quantitative estimate of drug-likeness (QED) is 0.251. The molecule has 1 heterocycles. The lowest BCUT2D eigenvalue weighted by atomic mass is 10.2. The second-order valence-electron chi connectivity index (χ2n) is 6.15. The second-order valence-corrected chi connectivity index (χ2v) is 6.56. The number of hydrogen-bond donors (Lipinski definition) is 2. The molecule has 6 nitrogen and oxygen atoms in total. The molecule has 0 unspecified atom stereocenters. The summed E-state index contributed by atoms with van der Waals surface area (Å²) >= 11 is 6.19. The third kappa shape index (κ3) is 7.07. The minimum Gasteiger partial charge on any atom is -0.497 e. The molecule has 0 saturated carbocycles. The molecule has 0 aliphatic rings. The minimum atomic E-state index is 0. The van der Waals surface area contributed by atoms with E-state index < -0.39 is 0 Å². The van der Waals surface area contributed by atoms with Gasteiger partial charge in [0.1, 0.15) is 11.5 Å². The number of pyridine rings is 1. The Hall–Kier alpha value is -2.52. The van der Waals surface area contributed by atoms with Gasteiger partial charge in [-0.05, 0) is 41.5 Å². The molecule has 1 aromatic heterocycles. The standard InChI is InChI=1S/C22H23ClN4O2.HI/c1-24-22(27-15-17-5-3-4-6-20(17)23)26-14-16-7-12-21(25-13-16)29-19-10-8-18(28-2)9-11-19;/h3-13H,14-15H2,1-2H3,(H2,24,26,27);1H. The second kappa shape index (κ2) is 12.2. The van der Waals surface area contributed by atoms with Gasteiger partial charge >= 0.3 is 0 Å². The zero-order valence-corrected chi connectivity index (χ0v) is 19.8. The van der Waals surface area contributed by atoms with Crippen molar-refractivity contribution < 1.29 is 9.47 Å². The summed E-state index contributed by atoms with van der Waals surface area (Å²) in [5.41, 5.74) is 2.02. The van der Waals surface area contributed by atoms with Crippen LogP contribution in [0.2, 0.25) is 5.02 Å². The van der Waals surface area contributed by atoms with E-state index in [1.807, 2.05) is 60.7 Å². The van der Waals surface area contributed by atoms with Crippen molar-refractivity contribution in [3.63, 3.8) is 0 Å². The summed E-state index contributed by atoms with van der Waals surface area (Å²) in [7, 11) is 3.36. The number of guanidine groups is 1. The van der Waals surface area contributed by atoms with Gasteiger partial charge in [-0.2, -0.15) is 0 Å². The van der Waals surface area contributed by atoms with Gasteiger partial charge in [0.05, 0.1) is 7.11 Å². The van der Waals surface area contributed by atoms with Crippen molar-refractivity contribution in [2.75, 3.05) is 14.2 Å². The maximum Gasteiger partial charge on any atom is 0.219 e. The molecule has 0 aliphatic carbocycles. The van der Waals surface area contributed by atoms with Crippen LogP contribution in [0.3, 0.4) is 0 Å². The van der Waals surface area contributed by atoms with E-state index in [0.717, 1.165) is 21.9 Å². The largest absolute Gasteiger partial charge is 0.497 e. The predicted octanol–water partition coefficient (Wildman–Crippen LogP) is 5.02. The van der Waals surface area contributed by atoms with Crippen LogP contribution in [0.25, 0.3) is 0 Å². The fraction of sp³-hybridized carbons (Fsp3) is 0.182. The van der Waals surface area contributed by atoms with Gasteiger partial charge in [-0.1, -0.05) is 35.9 Å². The average molecular weight is 539 g/mol. The van der Waals surface area contributed by atoms with E-state index in [4.69, 9.17) is 21.1 Å². The summed E-state index contributed by atoms with van der Waals surface area (Å²) < 4.78 is 10.9. The normalized spacial score (nSPS) is 10.7. The third-order valence-corrected chi connectivity index (χ3v) is 4.54. The van der Waals surface area contributed by atoms with Crippen LogP contribution < -0.4 is 20.1 Å². The monoisotopic (exact) mass is 538 g/mol. The Kier molecular flexibility index (Phi) is 9.69. The van der Waals surface area contributed by atoms with Crippen LogP contribution in [0, 0.1) is 0 Å². The Morgan fingerprint density at radius 2 is 1.67 bits per heavy atom. The molecule has 30 heavy (non-hydrogen) atoms. The summed E-state index contributed by atoms with van der Waals surface area (Å²) in [6.45, 7) is 1.17. The maximum atomic E-state index is 6.19. The van der Waals surface area contributed by atoms with E-state index in [2.05, 4.69) is 20.6 Å². The van der Waals surface area contributed by atoms with E-state index in [1.165, 1.54) is 0 Å². The summed E-state index contributed by atoms with van der Waals surface area (Å²) in [5.74, 6) is 2.69. The van der Waals surface area contributed by atoms with Crippen molar-refractivity contribution in [3.05, 3.63) is 83.0 Å². The van der Waals surface area contributed by atoms with Crippen LogP contribution in [0.15, 0.2) is 71.9 Å². The minimum absolute atomic E-state index is 0. The summed E-state index contributed by atoms with van der Waals surface area (Å²) in [5, 5.41) is 7.24. The number of aromatic nitrogens is 1. The Morgan fingerprint density at radius 1 is 0.967 bits per heavy atom. The van der Waals surface area contributed by atoms with Crippen molar-refractivity contribution in [1.29, 1.82) is 0 Å². The van der Waals surface area contributed by atoms with E-state index in [0.29, 0.717) is 30.7 Å². The molecule has 0 fully saturated rings. The smallest absolute Gasteiger partial charge is 0.219 e. The molecule has 8 heteroatoms. The first kappa shape index (κ1) is 23.8. The Bertz CT molecular complexity index is 950. The van der Waals surface area contributed by atoms with Crippen LogP contribution in [-0.4, -0.2) is 25.1 Å². The topological polar surface area (TPSA) is 67.8 Å². The molecule has 0 atom stereocenters. The van der Waals surface area contributed by atoms with Crippen molar-refractivity contribution in [2.45, 2.75) is 13.1 Å². The van der Waals surface area contributed by atoms with Gasteiger partial charge in [0, 0.05) is 37.4 Å². The molecule has 0 saturated heterocycles. The fourth-order valence-electron chi connectivity index (χ4n) is 2.57. The molecule has 3 rings (SSSR count). The van der Waals surface area contributed by atoms with Gasteiger partial charge in [0.2, 0.25) is 5.88 Å². The predicted molar refractivity (Wildman–Crippen MR) is 131 cm³/mol. The van der Waals surface area contributed by atoms with Gasteiger partial charge in [-0.25, -0.2) is 4.98 Å². The van der Waals surface area contributed by atoms with Crippen LogP contribution in [0.4, 0.5) is 0 Å². The van der Waals surface area contributed by atoms with Crippen molar-refractivity contribution >= 4 is 41.5 Å². The molecular formula is C22H24ClIN4O2. The van der Waals surface area contributed by atoms with Gasteiger partial charge in [-0.3, -0.25) is 4.99 Å². The first-order chi connectivity index (χ1) is 14.2. The zero-order chi connectivity index (χ0) is 20.5. The third-order valence-electron chi connectivity index (χ3n) is 4.17. The SMILES string of the molecule is CN=C(NCc1ccc(Oc2ccc(OC)cc2)nc1)NCc1ccccc1Cl.I. The highest BCUT2D eigenvalue weighted by Crippen LogP contribution is 2.22. The maximum absolute atomic E-state index is 6.19. The lowest BCUT2D eigenvalue weighted by Crippen LogP contribution is -2.36. The van der Waals surface area contributed by atoms with Crippen molar-refractivity contribution in [1.82, 2.24) is 15.6 Å². The summed E-state index contributed by atoms with van der Waals surface area (Å²) in [6.07, 6.45) is 1.77. The summed E-state index contributed by atoms with van der Waals surface area (Å²) in [6, 6.07) is 18.9. The van der Waals surface area contributed by atoms with Crippen LogP contribution in [0.1, 0.15) is 11.1 Å². The van der Waals surface area contributed by atoms with Gasteiger partial charge in [-0.15, -0.1) is 24.0 Å². The molecule has 0 amide bonds. The van der Waals surface area contributed by atoms with E-state index >= 15 is 0 Å². The number of rotatable bonds is 7. The number of aliphatic imine (C=N–C) groups is 1. The Morgan fingerprint density at radius 3 is 2.30 bits per heavy atom. The summed E-state index contributed by atoms with van der Waals surface area (Å²) in [4.78, 5) is 8.59. The number of halogens is 2. The van der Waals surface area contributed by atoms with Crippen molar-refractivity contribution in [2.24, 2.45) is 4.99 Å². The highest BCUT2D eigenvalue weighted by Gasteiger charge is 2.04. The lowest BCUT2D eigenvalue weighted by molar-refractivity contribution is 0.412. The van der Waals surface area contributed by atoms with Crippen LogP contribution in [-0.2, 0) is 13.1 Å². The highest BCUT2D eigenvalue weighted by molar-refractivity contribution is 14.0. The van der Waals surface area contributed by atoms with Crippen LogP contribution >= 0.6 is 35.6 Å². The number of nitrogens with one attached hydrogen (secondary N) is 2. The zero-order valence-electron chi connectivity index (χ0n) is 16.8. The number of benzene rings is 2. The fourth-order valence-corrected chi connectivity index (χ4v) is 2.77. The van der Waals surface area contributed by atoms with Gasteiger partial charge < -0.3 is 20.1 Å². The van der Waals surface area contributed by atoms with E-state index in [1.54, 1.807) is 20.4 Å². The molecule has 2 aromatic carbocycles. The van der Waals surface area contributed by atoms with E-state index in [-0.39, 0.29) is 24.0 Å². The molecule has 3 aromatic rings. The lowest BCUT2D eigenvalue weighted by Gasteiger charge is -2.13. The molecule has 0 spiro atoms. The van der Waals surface area contributed by atoms with Gasteiger partial charge in [0.15, 0.2) is 5.96 Å². The number of ether oxygens (including phenoxy) is 2. The molecule has 0 aliphatic heterocycles. The first-order valence-electron chi connectivity index (χ1n) is 9.12. The molecule has 2 N–H and O–H groups in total. The number of hydrogen-bond acceptors (Lipinski definition) is 4. The van der Waals surface area contributed by atoms with Crippen molar-refractivity contribution in [3.8, 4) is 17.4 Å². The molecule has 0 radical (unpaired) electrons. The Labute approximate surface area is 198 Å². The number of methoxy groups -OCH3 is 1. The average Bonchev–Trinajstić information content (AvgIpc) is 2.76. The molecule has 0 bridgehead atoms. The molecule has 158 valence electrons. The highest BCUT2D eigenvalue weighted by atomic mass is 127. The number of nitrogens with zero attached hydrogens (tertiary/aromatic N) is 2. The Balaban J connectivity index is 0.00000320. The molecular weight excluding hydrogens is 515 g/mol. The van der Waals surface area contributed by atoms with Gasteiger partial charge in [0.25, 0.3) is 0 Å². The van der Waals surface area contributed by atoms with E-state index in [9.17, 15) is 0 Å². The van der Waals surface area contributed by atoms with Crippen LogP contribution in [0.5, 0.6) is 17.4 Å².